The van der Waals surface area contributed by atoms with Crippen LogP contribution in [0.2, 0.25) is 0 Å². The first-order valence-corrected chi connectivity index (χ1v) is 9.17. The molecule has 0 radical (unpaired) electrons. The van der Waals surface area contributed by atoms with Gasteiger partial charge in [-0.15, -0.1) is 11.8 Å². The number of ether oxygens (including phenoxy) is 1. The third-order valence-electron chi connectivity index (χ3n) is 3.85. The van der Waals surface area contributed by atoms with E-state index in [4.69, 9.17) is 4.74 Å². The van der Waals surface area contributed by atoms with Crippen molar-refractivity contribution < 1.29 is 14.6 Å². The Morgan fingerprint density at radius 3 is 2.74 bits per heavy atom. The molecule has 1 aromatic carbocycles. The number of hydrogen-bond acceptors (Lipinski definition) is 4. The first kappa shape index (κ1) is 18.1. The van der Waals surface area contributed by atoms with Gasteiger partial charge in [0.25, 0.3) is 0 Å². The highest BCUT2D eigenvalue weighted by Gasteiger charge is 2.33. The van der Waals surface area contributed by atoms with Crippen molar-refractivity contribution >= 4 is 17.9 Å². The van der Waals surface area contributed by atoms with Crippen molar-refractivity contribution in [3.63, 3.8) is 0 Å². The fourth-order valence-corrected chi connectivity index (χ4v) is 3.59. The molecular formula is C18H27NO3S. The zero-order valence-electron chi connectivity index (χ0n) is 14.2. The lowest BCUT2D eigenvalue weighted by molar-refractivity contribution is 0.0268. The number of likely N-dealkylation sites (tertiary alicyclic amines) is 1. The van der Waals surface area contributed by atoms with Gasteiger partial charge in [-0.1, -0.05) is 18.2 Å². The van der Waals surface area contributed by atoms with E-state index >= 15 is 0 Å². The zero-order chi connectivity index (χ0) is 16.9. The number of nitrogens with zero attached hydrogens (tertiary/aromatic N) is 1. The molecule has 1 N–H and O–H groups in total. The molecule has 0 unspecified atom stereocenters. The molecule has 5 heteroatoms. The second-order valence-corrected chi connectivity index (χ2v) is 8.16. The molecule has 1 aliphatic heterocycles. The summed E-state index contributed by atoms with van der Waals surface area (Å²) in [6.45, 7) is 6.87. The molecule has 4 nitrogen and oxygen atoms in total. The number of carbonyl (C=O) groups is 1. The van der Waals surface area contributed by atoms with Crippen LogP contribution in [-0.4, -0.2) is 46.6 Å². The number of thioether (sulfide) groups is 1. The van der Waals surface area contributed by atoms with Crippen LogP contribution in [0.15, 0.2) is 35.2 Å². The van der Waals surface area contributed by atoms with E-state index in [0.717, 1.165) is 18.6 Å². The van der Waals surface area contributed by atoms with Crippen LogP contribution in [0.3, 0.4) is 0 Å². The molecule has 0 bridgehead atoms. The SMILES string of the molecule is CC(C)(C)OC(=O)N1CC[C@H]([C@@H](O)CCSc2ccccc2)C1. The van der Waals surface area contributed by atoms with Crippen LogP contribution in [0.4, 0.5) is 4.79 Å². The largest absolute Gasteiger partial charge is 0.444 e. The van der Waals surface area contributed by atoms with E-state index in [-0.39, 0.29) is 18.1 Å². The summed E-state index contributed by atoms with van der Waals surface area (Å²) in [6, 6.07) is 10.2. The Kier molecular flexibility index (Phi) is 6.36. The van der Waals surface area contributed by atoms with Crippen LogP contribution in [0.25, 0.3) is 0 Å². The third kappa shape index (κ3) is 6.07. The fourth-order valence-electron chi connectivity index (χ4n) is 2.64. The van der Waals surface area contributed by atoms with E-state index in [1.807, 2.05) is 39.0 Å². The molecule has 2 rings (SSSR count). The van der Waals surface area contributed by atoms with Gasteiger partial charge in [0.1, 0.15) is 5.60 Å². The van der Waals surface area contributed by atoms with Gasteiger partial charge in [0.2, 0.25) is 0 Å². The molecular weight excluding hydrogens is 310 g/mol. The summed E-state index contributed by atoms with van der Waals surface area (Å²) in [7, 11) is 0. The van der Waals surface area contributed by atoms with E-state index in [2.05, 4.69) is 12.1 Å². The van der Waals surface area contributed by atoms with Crippen molar-refractivity contribution in [2.24, 2.45) is 5.92 Å². The first-order chi connectivity index (χ1) is 10.8. The standard InChI is InChI=1S/C18H27NO3S/c1-18(2,3)22-17(21)19-11-9-14(13-19)16(20)10-12-23-15-7-5-4-6-8-15/h4-8,14,16,20H,9-13H2,1-3H3/t14-,16-/m0/s1. The zero-order valence-corrected chi connectivity index (χ0v) is 15.0. The summed E-state index contributed by atoms with van der Waals surface area (Å²) in [5, 5.41) is 10.4. The number of rotatable bonds is 5. The van der Waals surface area contributed by atoms with Gasteiger partial charge in [0, 0.05) is 29.7 Å². The molecule has 2 atom stereocenters. The molecule has 0 spiro atoms. The minimum Gasteiger partial charge on any atom is -0.444 e. The monoisotopic (exact) mass is 337 g/mol. The highest BCUT2D eigenvalue weighted by molar-refractivity contribution is 7.99. The Bertz CT molecular complexity index is 501. The van der Waals surface area contributed by atoms with Gasteiger partial charge in [-0.3, -0.25) is 0 Å². The fraction of sp³-hybridized carbons (Fsp3) is 0.611. The molecule has 1 fully saturated rings. The van der Waals surface area contributed by atoms with Gasteiger partial charge >= 0.3 is 6.09 Å². The summed E-state index contributed by atoms with van der Waals surface area (Å²) in [6.07, 6.45) is 0.951. The molecule has 1 heterocycles. The van der Waals surface area contributed by atoms with Crippen molar-refractivity contribution in [3.05, 3.63) is 30.3 Å². The van der Waals surface area contributed by atoms with Crippen molar-refractivity contribution in [1.82, 2.24) is 4.90 Å². The van der Waals surface area contributed by atoms with Crippen molar-refractivity contribution in [1.29, 1.82) is 0 Å². The van der Waals surface area contributed by atoms with Gasteiger partial charge in [0.05, 0.1) is 6.10 Å². The minimum atomic E-state index is -0.472. The topological polar surface area (TPSA) is 49.8 Å². The average molecular weight is 337 g/mol. The molecule has 1 saturated heterocycles. The van der Waals surface area contributed by atoms with Crippen molar-refractivity contribution in [2.75, 3.05) is 18.8 Å². The summed E-state index contributed by atoms with van der Waals surface area (Å²) in [5.41, 5.74) is -0.472. The predicted molar refractivity (Wildman–Crippen MR) is 93.7 cm³/mol. The Hall–Kier alpha value is -1.20. The predicted octanol–water partition coefficient (Wildman–Crippen LogP) is 3.79. The van der Waals surface area contributed by atoms with Crippen LogP contribution in [-0.2, 0) is 4.74 Å². The minimum absolute atomic E-state index is 0.152. The second kappa shape index (κ2) is 8.06. The van der Waals surface area contributed by atoms with Crippen molar-refractivity contribution in [3.8, 4) is 0 Å². The average Bonchev–Trinajstić information content (AvgIpc) is 2.96. The number of aliphatic hydroxyl groups excluding tert-OH is 1. The van der Waals surface area contributed by atoms with Crippen molar-refractivity contribution in [2.45, 2.75) is 50.2 Å². The van der Waals surface area contributed by atoms with E-state index in [1.54, 1.807) is 16.7 Å². The second-order valence-electron chi connectivity index (χ2n) is 6.99. The summed E-state index contributed by atoms with van der Waals surface area (Å²) in [4.78, 5) is 15.0. The summed E-state index contributed by atoms with van der Waals surface area (Å²) in [5.74, 6) is 1.03. The maximum absolute atomic E-state index is 12.0. The van der Waals surface area contributed by atoms with E-state index < -0.39 is 5.60 Å². The lowest BCUT2D eigenvalue weighted by Crippen LogP contribution is -2.36. The number of amides is 1. The molecule has 1 aliphatic rings. The van der Waals surface area contributed by atoms with E-state index in [1.165, 1.54) is 4.90 Å². The van der Waals surface area contributed by atoms with Gasteiger partial charge in [-0.05, 0) is 45.7 Å². The maximum atomic E-state index is 12.0. The Morgan fingerprint density at radius 2 is 2.09 bits per heavy atom. The van der Waals surface area contributed by atoms with Crippen LogP contribution >= 0.6 is 11.8 Å². The Balaban J connectivity index is 1.72. The normalized spacial score (nSPS) is 19.7. The first-order valence-electron chi connectivity index (χ1n) is 8.19. The third-order valence-corrected chi connectivity index (χ3v) is 4.89. The molecule has 0 aliphatic carbocycles. The number of hydrogen-bond donors (Lipinski definition) is 1. The quantitative estimate of drug-likeness (QED) is 0.831. The lowest BCUT2D eigenvalue weighted by atomic mass is 10.00. The molecule has 0 saturated carbocycles. The Morgan fingerprint density at radius 1 is 1.39 bits per heavy atom. The van der Waals surface area contributed by atoms with Crippen LogP contribution in [0.1, 0.15) is 33.6 Å². The Labute approximate surface area is 143 Å². The van der Waals surface area contributed by atoms with Gasteiger partial charge in [0.15, 0.2) is 0 Å². The lowest BCUT2D eigenvalue weighted by Gasteiger charge is -2.25. The molecule has 1 amide bonds. The van der Waals surface area contributed by atoms with Gasteiger partial charge < -0.3 is 14.7 Å². The van der Waals surface area contributed by atoms with E-state index in [9.17, 15) is 9.90 Å². The van der Waals surface area contributed by atoms with E-state index in [0.29, 0.717) is 13.1 Å². The van der Waals surface area contributed by atoms with Gasteiger partial charge in [-0.2, -0.15) is 0 Å². The van der Waals surface area contributed by atoms with Crippen LogP contribution in [0, 0.1) is 5.92 Å². The molecule has 23 heavy (non-hydrogen) atoms. The number of benzene rings is 1. The van der Waals surface area contributed by atoms with Crippen LogP contribution < -0.4 is 0 Å². The number of aliphatic hydroxyl groups is 1. The maximum Gasteiger partial charge on any atom is 0.410 e. The molecule has 1 aromatic rings. The highest BCUT2D eigenvalue weighted by atomic mass is 32.2. The highest BCUT2D eigenvalue weighted by Crippen LogP contribution is 2.26. The van der Waals surface area contributed by atoms with Gasteiger partial charge in [-0.25, -0.2) is 4.79 Å². The molecule has 128 valence electrons. The summed E-state index contributed by atoms with van der Waals surface area (Å²) < 4.78 is 5.39. The molecule has 0 aromatic heterocycles. The smallest absolute Gasteiger partial charge is 0.410 e. The van der Waals surface area contributed by atoms with Crippen LogP contribution in [0.5, 0.6) is 0 Å². The number of carbonyl (C=O) groups excluding carboxylic acids is 1. The summed E-state index contributed by atoms with van der Waals surface area (Å²) >= 11 is 1.76.